The van der Waals surface area contributed by atoms with Crippen LogP contribution in [0.3, 0.4) is 0 Å². The average Bonchev–Trinajstić information content (AvgIpc) is 2.74. The van der Waals surface area contributed by atoms with E-state index in [1.165, 1.54) is 29.8 Å². The quantitative estimate of drug-likeness (QED) is 0.344. The Balaban J connectivity index is 0.00000300. The summed E-state index contributed by atoms with van der Waals surface area (Å²) < 4.78 is 0. The maximum Gasteiger partial charge on any atom is 0.191 e. The summed E-state index contributed by atoms with van der Waals surface area (Å²) in [4.78, 5) is 9.25. The number of piperazine rings is 1. The van der Waals surface area contributed by atoms with Crippen molar-refractivity contribution >= 4 is 29.9 Å². The van der Waals surface area contributed by atoms with E-state index in [1.54, 1.807) is 0 Å². The molecule has 0 aromatic heterocycles. The van der Waals surface area contributed by atoms with Gasteiger partial charge in [0.1, 0.15) is 0 Å². The number of benzene rings is 2. The second kappa shape index (κ2) is 12.8. The van der Waals surface area contributed by atoms with Crippen LogP contribution in [-0.2, 0) is 19.5 Å². The Morgan fingerprint density at radius 3 is 2.17 bits per heavy atom. The molecule has 3 rings (SSSR count). The molecular formula is C23H34IN5. The lowest BCUT2D eigenvalue weighted by Gasteiger charge is -2.32. The number of rotatable bonds is 7. The van der Waals surface area contributed by atoms with Crippen LogP contribution < -0.4 is 10.6 Å². The minimum atomic E-state index is 0. The van der Waals surface area contributed by atoms with E-state index in [-0.39, 0.29) is 24.0 Å². The van der Waals surface area contributed by atoms with E-state index in [9.17, 15) is 0 Å². The highest BCUT2D eigenvalue weighted by Crippen LogP contribution is 2.09. The van der Waals surface area contributed by atoms with Gasteiger partial charge in [-0.05, 0) is 30.2 Å². The highest BCUT2D eigenvalue weighted by Gasteiger charge is 2.13. The predicted molar refractivity (Wildman–Crippen MR) is 133 cm³/mol. The van der Waals surface area contributed by atoms with Crippen molar-refractivity contribution in [2.75, 3.05) is 46.8 Å². The Kier molecular flexibility index (Phi) is 10.5. The van der Waals surface area contributed by atoms with E-state index in [0.717, 1.165) is 45.1 Å². The van der Waals surface area contributed by atoms with E-state index in [0.29, 0.717) is 0 Å². The molecule has 0 amide bonds. The van der Waals surface area contributed by atoms with Crippen LogP contribution in [-0.4, -0.2) is 62.6 Å². The minimum absolute atomic E-state index is 0. The molecule has 2 N–H and O–H groups in total. The third kappa shape index (κ3) is 8.32. The zero-order chi connectivity index (χ0) is 19.6. The number of likely N-dealkylation sites (N-methyl/N-ethyl adjacent to an activating group) is 1. The average molecular weight is 507 g/mol. The highest BCUT2D eigenvalue weighted by atomic mass is 127. The first-order valence-corrected chi connectivity index (χ1v) is 10.2. The summed E-state index contributed by atoms with van der Waals surface area (Å²) in [6.45, 7) is 7.34. The van der Waals surface area contributed by atoms with Gasteiger partial charge in [0.05, 0.1) is 0 Å². The highest BCUT2D eigenvalue weighted by molar-refractivity contribution is 14.0. The zero-order valence-corrected chi connectivity index (χ0v) is 19.9. The van der Waals surface area contributed by atoms with Gasteiger partial charge in [-0.3, -0.25) is 9.89 Å². The van der Waals surface area contributed by atoms with Crippen LogP contribution >= 0.6 is 24.0 Å². The van der Waals surface area contributed by atoms with E-state index in [1.807, 2.05) is 13.1 Å². The molecule has 2 aromatic rings. The van der Waals surface area contributed by atoms with Crippen LogP contribution in [0.1, 0.15) is 16.7 Å². The van der Waals surface area contributed by atoms with Crippen LogP contribution in [0.4, 0.5) is 0 Å². The second-order valence-electron chi connectivity index (χ2n) is 7.48. The maximum atomic E-state index is 4.32. The van der Waals surface area contributed by atoms with E-state index in [2.05, 4.69) is 81.0 Å². The summed E-state index contributed by atoms with van der Waals surface area (Å²) in [7, 11) is 4.01. The van der Waals surface area contributed by atoms with Gasteiger partial charge in [0.2, 0.25) is 0 Å². The molecule has 29 heavy (non-hydrogen) atoms. The lowest BCUT2D eigenvalue weighted by atomic mass is 10.1. The molecule has 0 radical (unpaired) electrons. The normalized spacial score (nSPS) is 15.6. The minimum Gasteiger partial charge on any atom is -0.356 e. The molecule has 1 fully saturated rings. The molecule has 2 aromatic carbocycles. The Hall–Kier alpha value is -1.64. The topological polar surface area (TPSA) is 42.9 Å². The number of nitrogens with zero attached hydrogens (tertiary/aromatic N) is 3. The molecule has 158 valence electrons. The number of guanidine groups is 1. The predicted octanol–water partition coefficient (Wildman–Crippen LogP) is 2.96. The van der Waals surface area contributed by atoms with Crippen LogP contribution in [0.25, 0.3) is 0 Å². The zero-order valence-electron chi connectivity index (χ0n) is 17.6. The molecule has 0 atom stereocenters. The lowest BCUT2D eigenvalue weighted by Crippen LogP contribution is -2.43. The number of hydrogen-bond donors (Lipinski definition) is 2. The maximum absolute atomic E-state index is 4.32. The number of aliphatic imine (C=N–C) groups is 1. The molecule has 5 nitrogen and oxygen atoms in total. The van der Waals surface area contributed by atoms with Gasteiger partial charge in [-0.2, -0.15) is 0 Å². The molecule has 0 aliphatic carbocycles. The number of halogens is 1. The van der Waals surface area contributed by atoms with Gasteiger partial charge in [-0.1, -0.05) is 54.6 Å². The molecule has 0 bridgehead atoms. The molecule has 1 aliphatic heterocycles. The van der Waals surface area contributed by atoms with Crippen LogP contribution in [0.2, 0.25) is 0 Å². The van der Waals surface area contributed by atoms with Gasteiger partial charge in [0.25, 0.3) is 0 Å². The second-order valence-corrected chi connectivity index (χ2v) is 7.48. The summed E-state index contributed by atoms with van der Waals surface area (Å²) in [6.07, 6.45) is 0.989. The summed E-state index contributed by atoms with van der Waals surface area (Å²) in [5.41, 5.74) is 3.99. The fourth-order valence-corrected chi connectivity index (χ4v) is 3.40. The summed E-state index contributed by atoms with van der Waals surface area (Å²) in [5, 5.41) is 6.79. The van der Waals surface area contributed by atoms with E-state index < -0.39 is 0 Å². The van der Waals surface area contributed by atoms with Crippen molar-refractivity contribution in [3.8, 4) is 0 Å². The molecule has 1 heterocycles. The van der Waals surface area contributed by atoms with Gasteiger partial charge >= 0.3 is 0 Å². The largest absolute Gasteiger partial charge is 0.356 e. The van der Waals surface area contributed by atoms with Crippen LogP contribution in [0, 0.1) is 0 Å². The Labute approximate surface area is 192 Å². The Morgan fingerprint density at radius 2 is 1.52 bits per heavy atom. The van der Waals surface area contributed by atoms with Gasteiger partial charge in [0.15, 0.2) is 5.96 Å². The fraction of sp³-hybridized carbons (Fsp3) is 0.435. The summed E-state index contributed by atoms with van der Waals surface area (Å²) >= 11 is 0. The van der Waals surface area contributed by atoms with Gasteiger partial charge in [-0.25, -0.2) is 0 Å². The first-order chi connectivity index (χ1) is 13.7. The van der Waals surface area contributed by atoms with Crippen molar-refractivity contribution in [2.45, 2.75) is 19.5 Å². The number of nitrogens with one attached hydrogen (secondary N) is 2. The van der Waals surface area contributed by atoms with Crippen molar-refractivity contribution in [1.82, 2.24) is 20.4 Å². The van der Waals surface area contributed by atoms with Crippen molar-refractivity contribution in [2.24, 2.45) is 4.99 Å². The monoisotopic (exact) mass is 507 g/mol. The lowest BCUT2D eigenvalue weighted by molar-refractivity contribution is 0.148. The molecule has 6 heteroatoms. The smallest absolute Gasteiger partial charge is 0.191 e. The van der Waals surface area contributed by atoms with Crippen molar-refractivity contribution in [1.29, 1.82) is 0 Å². The number of hydrogen-bond acceptors (Lipinski definition) is 3. The molecule has 1 saturated heterocycles. The van der Waals surface area contributed by atoms with Crippen LogP contribution in [0.5, 0.6) is 0 Å². The van der Waals surface area contributed by atoms with Gasteiger partial charge in [0, 0.05) is 52.9 Å². The van der Waals surface area contributed by atoms with Gasteiger partial charge < -0.3 is 15.5 Å². The van der Waals surface area contributed by atoms with Gasteiger partial charge in [-0.15, -0.1) is 24.0 Å². The standard InChI is InChI=1S/C23H33N5.HI/c1-24-23(25-13-12-20-6-4-3-5-7-20)26-18-21-8-10-22(11-9-21)19-28-16-14-27(2)15-17-28;/h3-11H,12-19H2,1-2H3,(H2,24,25,26);1H. The Morgan fingerprint density at radius 1 is 0.862 bits per heavy atom. The van der Waals surface area contributed by atoms with E-state index in [4.69, 9.17) is 0 Å². The summed E-state index contributed by atoms with van der Waals surface area (Å²) in [5.74, 6) is 0.845. The third-order valence-corrected chi connectivity index (χ3v) is 5.26. The SMILES string of the molecule is CN=C(NCCc1ccccc1)NCc1ccc(CN2CCN(C)CC2)cc1.I. The molecule has 0 spiro atoms. The van der Waals surface area contributed by atoms with E-state index >= 15 is 0 Å². The molecule has 0 saturated carbocycles. The molecule has 0 unspecified atom stereocenters. The van der Waals surface area contributed by atoms with Crippen molar-refractivity contribution < 1.29 is 0 Å². The van der Waals surface area contributed by atoms with Crippen molar-refractivity contribution in [3.63, 3.8) is 0 Å². The first-order valence-electron chi connectivity index (χ1n) is 10.2. The summed E-state index contributed by atoms with van der Waals surface area (Å²) in [6, 6.07) is 19.5. The molecule has 1 aliphatic rings. The first kappa shape index (κ1) is 23.6. The third-order valence-electron chi connectivity index (χ3n) is 5.26. The van der Waals surface area contributed by atoms with Crippen molar-refractivity contribution in [3.05, 3.63) is 71.3 Å². The fourth-order valence-electron chi connectivity index (χ4n) is 3.40. The van der Waals surface area contributed by atoms with Crippen LogP contribution in [0.15, 0.2) is 59.6 Å². The Bertz CT molecular complexity index is 725. The molecular weight excluding hydrogens is 473 g/mol.